The largest absolute Gasteiger partial charge is 0.380 e. The minimum absolute atomic E-state index is 0.0375. The van der Waals surface area contributed by atoms with E-state index in [0.717, 1.165) is 10.9 Å². The van der Waals surface area contributed by atoms with Crippen molar-refractivity contribution in [3.63, 3.8) is 0 Å². The molecule has 20 heavy (non-hydrogen) atoms. The predicted molar refractivity (Wildman–Crippen MR) is 80.4 cm³/mol. The number of rotatable bonds is 1. The molecule has 0 aromatic carbocycles. The molecular formula is C12H16B2N4O2. The van der Waals surface area contributed by atoms with Gasteiger partial charge in [0, 0.05) is 31.3 Å². The van der Waals surface area contributed by atoms with Gasteiger partial charge in [-0.15, -0.1) is 0 Å². The lowest BCUT2D eigenvalue weighted by Crippen LogP contribution is -2.39. The summed E-state index contributed by atoms with van der Waals surface area (Å²) in [5.41, 5.74) is 1.27. The first-order chi connectivity index (χ1) is 9.55. The fourth-order valence-electron chi connectivity index (χ4n) is 2.45. The Morgan fingerprint density at radius 1 is 1.45 bits per heavy atom. The highest BCUT2D eigenvalue weighted by molar-refractivity contribution is 6.40. The Morgan fingerprint density at radius 3 is 3.15 bits per heavy atom. The summed E-state index contributed by atoms with van der Waals surface area (Å²) in [4.78, 5) is 18.6. The molecule has 0 spiro atoms. The highest BCUT2D eigenvalue weighted by atomic mass is 16.5. The van der Waals surface area contributed by atoms with Gasteiger partial charge in [0.2, 0.25) is 0 Å². The second kappa shape index (κ2) is 4.94. The summed E-state index contributed by atoms with van der Waals surface area (Å²) in [6, 6.07) is 1.75. The summed E-state index contributed by atoms with van der Waals surface area (Å²) < 4.78 is 5.55. The lowest BCUT2D eigenvalue weighted by atomic mass is 9.55. The quantitative estimate of drug-likeness (QED) is 0.661. The molecule has 0 atom stereocenters. The number of H-pyrrole nitrogens is 1. The molecule has 1 amide bonds. The summed E-state index contributed by atoms with van der Waals surface area (Å²) in [6.07, 6.45) is 3.37. The van der Waals surface area contributed by atoms with Gasteiger partial charge in [0.25, 0.3) is 5.91 Å². The molecule has 0 saturated carbocycles. The lowest BCUT2D eigenvalue weighted by Gasteiger charge is -2.28. The minimum Gasteiger partial charge on any atom is -0.380 e. The maximum Gasteiger partial charge on any atom is 0.272 e. The summed E-state index contributed by atoms with van der Waals surface area (Å²) in [5, 5.41) is 7.67. The SMILES string of the molecule is BC1(B)COCCN(C(=O)c2cc3[nH]ncc3cn2)C1. The summed E-state index contributed by atoms with van der Waals surface area (Å²) in [7, 11) is 4.20. The molecule has 1 aliphatic heterocycles. The number of ether oxygens (including phenoxy) is 1. The van der Waals surface area contributed by atoms with Crippen LogP contribution < -0.4 is 0 Å². The van der Waals surface area contributed by atoms with Gasteiger partial charge in [0.05, 0.1) is 18.3 Å². The molecule has 2 aromatic heterocycles. The second-order valence-electron chi connectivity index (χ2n) is 5.97. The molecule has 0 bridgehead atoms. The molecule has 0 radical (unpaired) electrons. The zero-order valence-corrected chi connectivity index (χ0v) is 11.7. The van der Waals surface area contributed by atoms with Gasteiger partial charge in [-0.25, -0.2) is 0 Å². The van der Waals surface area contributed by atoms with Crippen LogP contribution in [0.2, 0.25) is 5.21 Å². The smallest absolute Gasteiger partial charge is 0.272 e. The summed E-state index contributed by atoms with van der Waals surface area (Å²) in [5.74, 6) is -0.0555. The van der Waals surface area contributed by atoms with E-state index in [4.69, 9.17) is 4.74 Å². The van der Waals surface area contributed by atoms with E-state index < -0.39 is 0 Å². The first-order valence-corrected chi connectivity index (χ1v) is 6.71. The van der Waals surface area contributed by atoms with Crippen LogP contribution in [0.4, 0.5) is 0 Å². The first kappa shape index (κ1) is 13.2. The average molecular weight is 270 g/mol. The van der Waals surface area contributed by atoms with E-state index in [-0.39, 0.29) is 11.1 Å². The number of nitrogens with one attached hydrogen (secondary N) is 1. The van der Waals surface area contributed by atoms with Gasteiger partial charge in [0.15, 0.2) is 0 Å². The third-order valence-electron chi connectivity index (χ3n) is 3.45. The first-order valence-electron chi connectivity index (χ1n) is 6.71. The number of carbonyl (C=O) groups is 1. The molecule has 1 saturated heterocycles. The standard InChI is InChI=1S/C12H16B2N4O2/c13-12(14)6-18(1-2-20-7-12)11(19)10-3-9-8(4-15-10)5-16-17-9/h3-5H,1-2,6-7,13-14H2,(H,16,17). The molecule has 3 rings (SSSR count). The molecule has 1 aliphatic rings. The van der Waals surface area contributed by atoms with Crippen LogP contribution in [0.15, 0.2) is 18.5 Å². The van der Waals surface area contributed by atoms with Crippen molar-refractivity contribution in [2.45, 2.75) is 5.21 Å². The maximum atomic E-state index is 12.6. The number of aromatic nitrogens is 3. The number of pyridine rings is 1. The number of nitrogens with zero attached hydrogens (tertiary/aromatic N) is 3. The molecule has 1 fully saturated rings. The van der Waals surface area contributed by atoms with E-state index in [0.29, 0.717) is 32.0 Å². The molecular weight excluding hydrogens is 254 g/mol. The van der Waals surface area contributed by atoms with Crippen molar-refractivity contribution < 1.29 is 9.53 Å². The Hall–Kier alpha value is -1.82. The number of amides is 1. The number of aromatic amines is 1. The van der Waals surface area contributed by atoms with Gasteiger partial charge in [0.1, 0.15) is 21.4 Å². The zero-order valence-electron chi connectivity index (χ0n) is 11.7. The molecule has 6 nitrogen and oxygen atoms in total. The Kier molecular flexibility index (Phi) is 3.25. The van der Waals surface area contributed by atoms with Crippen molar-refractivity contribution in [1.82, 2.24) is 20.1 Å². The highest BCUT2D eigenvalue weighted by Gasteiger charge is 2.29. The van der Waals surface area contributed by atoms with Crippen LogP contribution in [-0.2, 0) is 4.74 Å². The van der Waals surface area contributed by atoms with Crippen LogP contribution in [0.3, 0.4) is 0 Å². The van der Waals surface area contributed by atoms with Gasteiger partial charge in [-0.2, -0.15) is 5.10 Å². The van der Waals surface area contributed by atoms with Crippen molar-refractivity contribution in [2.24, 2.45) is 0 Å². The molecule has 2 aromatic rings. The van der Waals surface area contributed by atoms with Crippen LogP contribution in [0.25, 0.3) is 10.9 Å². The molecule has 102 valence electrons. The third-order valence-corrected chi connectivity index (χ3v) is 3.45. The minimum atomic E-state index is -0.0555. The molecule has 1 N–H and O–H groups in total. The average Bonchev–Trinajstić information content (AvgIpc) is 2.80. The highest BCUT2D eigenvalue weighted by Crippen LogP contribution is 2.22. The topological polar surface area (TPSA) is 71.1 Å². The van der Waals surface area contributed by atoms with Crippen LogP contribution in [-0.4, -0.2) is 68.0 Å². The van der Waals surface area contributed by atoms with Crippen LogP contribution in [0.1, 0.15) is 10.5 Å². The number of fused-ring (bicyclic) bond motifs is 1. The Labute approximate surface area is 118 Å². The van der Waals surface area contributed by atoms with Crippen molar-refractivity contribution in [3.8, 4) is 0 Å². The van der Waals surface area contributed by atoms with Crippen LogP contribution in [0.5, 0.6) is 0 Å². The molecule has 0 aliphatic carbocycles. The van der Waals surface area contributed by atoms with Gasteiger partial charge >= 0.3 is 0 Å². The monoisotopic (exact) mass is 270 g/mol. The lowest BCUT2D eigenvalue weighted by molar-refractivity contribution is 0.0735. The van der Waals surface area contributed by atoms with Crippen molar-refractivity contribution in [3.05, 3.63) is 24.2 Å². The Balaban J connectivity index is 1.86. The number of carbonyl (C=O) groups excluding carboxylic acids is 1. The molecule has 0 unspecified atom stereocenters. The fourth-order valence-corrected chi connectivity index (χ4v) is 2.45. The van der Waals surface area contributed by atoms with E-state index in [2.05, 4.69) is 30.9 Å². The normalized spacial score (nSPS) is 18.9. The van der Waals surface area contributed by atoms with Gasteiger partial charge < -0.3 is 9.64 Å². The van der Waals surface area contributed by atoms with Crippen molar-refractivity contribution in [2.75, 3.05) is 26.3 Å². The summed E-state index contributed by atoms with van der Waals surface area (Å²) in [6.45, 7) is 2.52. The molecule has 8 heteroatoms. The maximum absolute atomic E-state index is 12.6. The van der Waals surface area contributed by atoms with E-state index >= 15 is 0 Å². The Morgan fingerprint density at radius 2 is 2.30 bits per heavy atom. The zero-order chi connectivity index (χ0) is 14.2. The van der Waals surface area contributed by atoms with E-state index in [1.54, 1.807) is 18.5 Å². The molecule has 3 heterocycles. The predicted octanol–water partition coefficient (Wildman–Crippen LogP) is -1.19. The number of hydrogen-bond acceptors (Lipinski definition) is 4. The fraction of sp³-hybridized carbons (Fsp3) is 0.417. The van der Waals surface area contributed by atoms with Crippen molar-refractivity contribution >= 4 is 32.5 Å². The van der Waals surface area contributed by atoms with Gasteiger partial charge in [-0.3, -0.25) is 14.9 Å². The Bertz CT molecular complexity index is 643. The third kappa shape index (κ3) is 2.56. The van der Waals surface area contributed by atoms with Gasteiger partial charge in [-0.05, 0) is 11.3 Å². The van der Waals surface area contributed by atoms with E-state index in [9.17, 15) is 4.79 Å². The second-order valence-corrected chi connectivity index (χ2v) is 5.97. The van der Waals surface area contributed by atoms with Crippen molar-refractivity contribution in [1.29, 1.82) is 0 Å². The van der Waals surface area contributed by atoms with E-state index in [1.165, 1.54) is 0 Å². The summed E-state index contributed by atoms with van der Waals surface area (Å²) >= 11 is 0. The number of hydrogen-bond donors (Lipinski definition) is 1. The van der Waals surface area contributed by atoms with Crippen LogP contribution >= 0.6 is 0 Å². The van der Waals surface area contributed by atoms with E-state index in [1.807, 2.05) is 4.90 Å². The van der Waals surface area contributed by atoms with Crippen LogP contribution in [0, 0.1) is 0 Å². The van der Waals surface area contributed by atoms with Gasteiger partial charge in [-0.1, -0.05) is 0 Å².